The average Bonchev–Trinajstić information content (AvgIpc) is 3.15. The zero-order valence-corrected chi connectivity index (χ0v) is 18.1. The number of methoxy groups -OCH3 is 1. The van der Waals surface area contributed by atoms with E-state index in [0.29, 0.717) is 16.9 Å². The molecule has 0 saturated carbocycles. The molecule has 0 aliphatic carbocycles. The number of para-hydroxylation sites is 2. The minimum atomic E-state index is -0.544. The monoisotopic (exact) mass is 443 g/mol. The second kappa shape index (κ2) is 9.73. The summed E-state index contributed by atoms with van der Waals surface area (Å²) in [5.74, 6) is 0.526. The van der Waals surface area contributed by atoms with Crippen LogP contribution in [0.4, 0.5) is 0 Å². The van der Waals surface area contributed by atoms with E-state index in [1.54, 1.807) is 36.5 Å². The second-order valence-electron chi connectivity index (χ2n) is 7.07. The summed E-state index contributed by atoms with van der Waals surface area (Å²) >= 11 is 0. The van der Waals surface area contributed by atoms with Crippen LogP contribution in [0.5, 0.6) is 11.5 Å². The number of hydrazone groups is 1. The van der Waals surface area contributed by atoms with Gasteiger partial charge in [0.1, 0.15) is 12.4 Å². The van der Waals surface area contributed by atoms with E-state index in [1.807, 2.05) is 35.8 Å². The van der Waals surface area contributed by atoms with Crippen molar-refractivity contribution >= 4 is 29.1 Å². The van der Waals surface area contributed by atoms with E-state index >= 15 is 0 Å². The number of nitrogens with zero attached hydrogens (tertiary/aromatic N) is 4. The summed E-state index contributed by atoms with van der Waals surface area (Å²) in [5, 5.41) is 4.02. The van der Waals surface area contributed by atoms with E-state index < -0.39 is 5.97 Å². The normalized spacial score (nSPS) is 11.0. The minimum absolute atomic E-state index is 0.0935. The number of carbonyl (C=O) groups is 2. The van der Waals surface area contributed by atoms with E-state index in [1.165, 1.54) is 19.5 Å². The van der Waals surface area contributed by atoms with Crippen LogP contribution < -0.4 is 14.9 Å². The molecule has 1 amide bonds. The highest BCUT2D eigenvalue weighted by Crippen LogP contribution is 2.28. The fourth-order valence-electron chi connectivity index (χ4n) is 3.24. The number of imidazole rings is 1. The van der Waals surface area contributed by atoms with Gasteiger partial charge in [-0.1, -0.05) is 12.1 Å². The predicted molar refractivity (Wildman–Crippen MR) is 122 cm³/mol. The summed E-state index contributed by atoms with van der Waals surface area (Å²) in [6, 6.07) is 15.8. The van der Waals surface area contributed by atoms with Crippen molar-refractivity contribution in [3.63, 3.8) is 0 Å². The molecule has 1 N–H and O–H groups in total. The number of ether oxygens (including phenoxy) is 2. The van der Waals surface area contributed by atoms with Crippen molar-refractivity contribution in [2.75, 3.05) is 7.11 Å². The Morgan fingerprint density at radius 2 is 1.97 bits per heavy atom. The van der Waals surface area contributed by atoms with Gasteiger partial charge in [0, 0.05) is 12.4 Å². The third-order valence-corrected chi connectivity index (χ3v) is 4.84. The molecule has 2 aromatic heterocycles. The van der Waals surface area contributed by atoms with Gasteiger partial charge in [0.15, 0.2) is 11.5 Å². The molecule has 33 heavy (non-hydrogen) atoms. The van der Waals surface area contributed by atoms with Crippen LogP contribution in [0, 0.1) is 6.92 Å². The van der Waals surface area contributed by atoms with E-state index in [4.69, 9.17) is 9.47 Å². The molecule has 0 saturated heterocycles. The number of amides is 1. The zero-order valence-electron chi connectivity index (χ0n) is 18.1. The molecule has 9 nitrogen and oxygen atoms in total. The van der Waals surface area contributed by atoms with Crippen LogP contribution in [0.2, 0.25) is 0 Å². The number of esters is 1. The molecule has 0 fully saturated rings. The van der Waals surface area contributed by atoms with E-state index in [2.05, 4.69) is 20.5 Å². The van der Waals surface area contributed by atoms with Crippen LogP contribution in [-0.2, 0) is 11.3 Å². The predicted octanol–water partition coefficient (Wildman–Crippen LogP) is 3.12. The maximum atomic E-state index is 12.4. The lowest BCUT2D eigenvalue weighted by Crippen LogP contribution is -2.23. The first-order chi connectivity index (χ1) is 16.0. The number of aryl methyl sites for hydroxylation is 1. The molecule has 2 aromatic carbocycles. The Kier molecular flexibility index (Phi) is 6.40. The van der Waals surface area contributed by atoms with Crippen molar-refractivity contribution in [2.24, 2.45) is 5.10 Å². The van der Waals surface area contributed by atoms with Gasteiger partial charge in [0.25, 0.3) is 5.91 Å². The van der Waals surface area contributed by atoms with Gasteiger partial charge in [-0.2, -0.15) is 5.10 Å². The maximum Gasteiger partial charge on any atom is 0.345 e. The van der Waals surface area contributed by atoms with Crippen LogP contribution >= 0.6 is 0 Å². The van der Waals surface area contributed by atoms with Gasteiger partial charge in [-0.05, 0) is 55.0 Å². The lowest BCUT2D eigenvalue weighted by molar-refractivity contribution is -0.121. The standard InChI is InChI=1S/C24H21N5O4/c1-16-27-19-7-3-4-8-20(19)29(16)15-23(30)28-26-13-17-9-10-21(22(12-17)32-2)33-24(31)18-6-5-11-25-14-18/h3-14H,15H2,1-2H3,(H,28,30)/b26-13+. The first kappa shape index (κ1) is 21.7. The number of hydrogen-bond donors (Lipinski definition) is 1. The zero-order chi connectivity index (χ0) is 23.2. The van der Waals surface area contributed by atoms with Crippen molar-refractivity contribution in [3.8, 4) is 11.5 Å². The molecule has 0 atom stereocenters. The number of fused-ring (bicyclic) bond motifs is 1. The van der Waals surface area contributed by atoms with Crippen molar-refractivity contribution < 1.29 is 19.1 Å². The van der Waals surface area contributed by atoms with Crippen LogP contribution in [0.25, 0.3) is 11.0 Å². The molecule has 2 heterocycles. The number of benzene rings is 2. The number of rotatable bonds is 7. The molecular formula is C24H21N5O4. The first-order valence-corrected chi connectivity index (χ1v) is 10.1. The Balaban J connectivity index is 1.40. The molecule has 166 valence electrons. The minimum Gasteiger partial charge on any atom is -0.493 e. The number of pyridine rings is 1. The Morgan fingerprint density at radius 3 is 2.76 bits per heavy atom. The van der Waals surface area contributed by atoms with Gasteiger partial charge in [0.05, 0.1) is 29.9 Å². The SMILES string of the molecule is COc1cc(/C=N/NC(=O)Cn2c(C)nc3ccccc32)ccc1OC(=O)c1cccnc1. The molecule has 0 unspecified atom stereocenters. The molecule has 9 heteroatoms. The van der Waals surface area contributed by atoms with E-state index in [0.717, 1.165) is 16.9 Å². The highest BCUT2D eigenvalue weighted by atomic mass is 16.6. The Morgan fingerprint density at radius 1 is 1.12 bits per heavy atom. The largest absolute Gasteiger partial charge is 0.493 e. The Labute approximate surface area is 189 Å². The molecule has 0 spiro atoms. The van der Waals surface area contributed by atoms with Crippen molar-refractivity contribution in [2.45, 2.75) is 13.5 Å². The summed E-state index contributed by atoms with van der Waals surface area (Å²) in [4.78, 5) is 33.0. The number of aromatic nitrogens is 3. The summed E-state index contributed by atoms with van der Waals surface area (Å²) < 4.78 is 12.5. The van der Waals surface area contributed by atoms with E-state index in [-0.39, 0.29) is 18.2 Å². The van der Waals surface area contributed by atoms with Gasteiger partial charge < -0.3 is 14.0 Å². The number of hydrogen-bond acceptors (Lipinski definition) is 7. The maximum absolute atomic E-state index is 12.4. The molecule has 4 rings (SSSR count). The topological polar surface area (TPSA) is 108 Å². The summed E-state index contributed by atoms with van der Waals surface area (Å²) in [6.07, 6.45) is 4.47. The van der Waals surface area contributed by atoms with Crippen LogP contribution in [0.3, 0.4) is 0 Å². The van der Waals surface area contributed by atoms with Gasteiger partial charge in [-0.15, -0.1) is 0 Å². The highest BCUT2D eigenvalue weighted by molar-refractivity contribution is 5.91. The third-order valence-electron chi connectivity index (χ3n) is 4.84. The van der Waals surface area contributed by atoms with Gasteiger partial charge in [0.2, 0.25) is 0 Å². The second-order valence-corrected chi connectivity index (χ2v) is 7.07. The smallest absolute Gasteiger partial charge is 0.345 e. The molecule has 0 radical (unpaired) electrons. The van der Waals surface area contributed by atoms with Gasteiger partial charge in [-0.25, -0.2) is 15.2 Å². The third kappa shape index (κ3) is 5.04. The summed E-state index contributed by atoms with van der Waals surface area (Å²) in [7, 11) is 1.47. The van der Waals surface area contributed by atoms with Crippen molar-refractivity contribution in [3.05, 3.63) is 83.9 Å². The molecule has 0 aliphatic rings. The van der Waals surface area contributed by atoms with Crippen LogP contribution in [0.1, 0.15) is 21.7 Å². The van der Waals surface area contributed by atoms with Crippen LogP contribution in [0.15, 0.2) is 72.1 Å². The van der Waals surface area contributed by atoms with E-state index in [9.17, 15) is 9.59 Å². The van der Waals surface area contributed by atoms with Gasteiger partial charge in [-0.3, -0.25) is 9.78 Å². The summed E-state index contributed by atoms with van der Waals surface area (Å²) in [6.45, 7) is 1.95. The number of carbonyl (C=O) groups excluding carboxylic acids is 2. The van der Waals surface area contributed by atoms with Crippen LogP contribution in [-0.4, -0.2) is 39.7 Å². The Bertz CT molecular complexity index is 1330. The summed E-state index contributed by atoms with van der Waals surface area (Å²) in [5.41, 5.74) is 5.21. The lowest BCUT2D eigenvalue weighted by atomic mass is 10.2. The highest BCUT2D eigenvalue weighted by Gasteiger charge is 2.13. The lowest BCUT2D eigenvalue weighted by Gasteiger charge is -2.10. The van der Waals surface area contributed by atoms with Crippen molar-refractivity contribution in [1.29, 1.82) is 0 Å². The fraction of sp³-hybridized carbons (Fsp3) is 0.125. The van der Waals surface area contributed by atoms with Gasteiger partial charge >= 0.3 is 5.97 Å². The molecular weight excluding hydrogens is 422 g/mol. The Hall–Kier alpha value is -4.53. The molecule has 4 aromatic rings. The first-order valence-electron chi connectivity index (χ1n) is 10.1. The molecule has 0 aliphatic heterocycles. The molecule has 0 bridgehead atoms. The van der Waals surface area contributed by atoms with Crippen molar-refractivity contribution in [1.82, 2.24) is 20.0 Å². The average molecular weight is 443 g/mol. The quantitative estimate of drug-likeness (QED) is 0.204. The fourth-order valence-corrected chi connectivity index (χ4v) is 3.24. The number of nitrogens with one attached hydrogen (secondary N) is 1.